The third-order valence-corrected chi connectivity index (χ3v) is 4.95. The van der Waals surface area contributed by atoms with Crippen LogP contribution < -0.4 is 5.32 Å². The fourth-order valence-electron chi connectivity index (χ4n) is 2.92. The summed E-state index contributed by atoms with van der Waals surface area (Å²) in [5, 5.41) is 7.29. The highest BCUT2D eigenvalue weighted by molar-refractivity contribution is 7.14. The van der Waals surface area contributed by atoms with Gasteiger partial charge in [-0.25, -0.2) is 9.97 Å². The lowest BCUT2D eigenvalue weighted by molar-refractivity contribution is -0.140. The zero-order valence-corrected chi connectivity index (χ0v) is 16.2. The first kappa shape index (κ1) is 19.1. The molecule has 0 aliphatic rings. The molecule has 0 saturated carbocycles. The first-order valence-electron chi connectivity index (χ1n) is 8.32. The maximum Gasteiger partial charge on any atom is 0.434 e. The SMILES string of the molecule is Cc1cc(-c2cc(C(=O)Nc3nc(C(F)(F)F)cs3)c3c(C)noc3n2)c(C)o1. The zero-order valence-electron chi connectivity index (χ0n) is 15.3. The third kappa shape index (κ3) is 3.48. The normalized spacial score (nSPS) is 11.9. The number of nitrogens with zero attached hydrogens (tertiary/aromatic N) is 3. The maximum atomic E-state index is 12.9. The van der Waals surface area contributed by atoms with Gasteiger partial charge in [-0.15, -0.1) is 11.3 Å². The zero-order chi connectivity index (χ0) is 20.9. The molecule has 0 aromatic carbocycles. The molecule has 4 heterocycles. The van der Waals surface area contributed by atoms with Gasteiger partial charge in [-0.3, -0.25) is 10.1 Å². The van der Waals surface area contributed by atoms with E-state index in [0.717, 1.165) is 5.38 Å². The Morgan fingerprint density at radius 3 is 2.55 bits per heavy atom. The summed E-state index contributed by atoms with van der Waals surface area (Å²) >= 11 is 0.685. The van der Waals surface area contributed by atoms with Crippen LogP contribution in [0.15, 0.2) is 26.5 Å². The number of rotatable bonds is 3. The van der Waals surface area contributed by atoms with Crippen molar-refractivity contribution in [1.82, 2.24) is 15.1 Å². The number of nitrogens with one attached hydrogen (secondary N) is 1. The van der Waals surface area contributed by atoms with Crippen LogP contribution in [0.5, 0.6) is 0 Å². The van der Waals surface area contributed by atoms with Crippen LogP contribution in [0.1, 0.15) is 33.3 Å². The largest absolute Gasteiger partial charge is 0.466 e. The van der Waals surface area contributed by atoms with Crippen molar-refractivity contribution >= 4 is 33.5 Å². The number of halogens is 3. The molecule has 0 aliphatic carbocycles. The lowest BCUT2D eigenvalue weighted by atomic mass is 10.1. The second kappa shape index (κ2) is 6.69. The van der Waals surface area contributed by atoms with Crippen LogP contribution in [0.4, 0.5) is 18.3 Å². The number of alkyl halides is 3. The number of carbonyl (C=O) groups excluding carboxylic acids is 1. The maximum absolute atomic E-state index is 12.9. The average Bonchev–Trinajstić information content (AvgIpc) is 3.33. The summed E-state index contributed by atoms with van der Waals surface area (Å²) in [6, 6.07) is 3.29. The van der Waals surface area contributed by atoms with E-state index in [2.05, 4.69) is 20.4 Å². The van der Waals surface area contributed by atoms with Gasteiger partial charge >= 0.3 is 6.18 Å². The Morgan fingerprint density at radius 2 is 1.93 bits per heavy atom. The molecule has 1 amide bonds. The molecule has 4 aromatic rings. The number of anilines is 1. The second-order valence-corrected chi connectivity index (χ2v) is 7.18. The van der Waals surface area contributed by atoms with Gasteiger partial charge in [0.05, 0.1) is 22.3 Å². The van der Waals surface area contributed by atoms with E-state index in [-0.39, 0.29) is 16.4 Å². The monoisotopic (exact) mass is 422 g/mol. The number of carbonyl (C=O) groups is 1. The van der Waals surface area contributed by atoms with Crippen molar-refractivity contribution in [1.29, 1.82) is 0 Å². The summed E-state index contributed by atoms with van der Waals surface area (Å²) in [4.78, 5) is 20.7. The van der Waals surface area contributed by atoms with E-state index in [1.54, 1.807) is 26.8 Å². The number of fused-ring (bicyclic) bond motifs is 1. The Morgan fingerprint density at radius 1 is 1.17 bits per heavy atom. The predicted octanol–water partition coefficient (Wildman–Crippen LogP) is 5.14. The molecule has 29 heavy (non-hydrogen) atoms. The van der Waals surface area contributed by atoms with Crippen LogP contribution in [-0.2, 0) is 6.18 Å². The van der Waals surface area contributed by atoms with Crippen LogP contribution in [-0.4, -0.2) is 21.0 Å². The van der Waals surface area contributed by atoms with Gasteiger partial charge in [-0.1, -0.05) is 5.16 Å². The number of amides is 1. The van der Waals surface area contributed by atoms with Crippen LogP contribution in [0.3, 0.4) is 0 Å². The topological polar surface area (TPSA) is 94.1 Å². The minimum Gasteiger partial charge on any atom is -0.466 e. The van der Waals surface area contributed by atoms with E-state index < -0.39 is 17.8 Å². The van der Waals surface area contributed by atoms with Crippen molar-refractivity contribution in [2.75, 3.05) is 5.32 Å². The van der Waals surface area contributed by atoms with Gasteiger partial charge in [-0.05, 0) is 32.9 Å². The van der Waals surface area contributed by atoms with Crippen LogP contribution >= 0.6 is 11.3 Å². The number of furan rings is 1. The molecule has 4 aromatic heterocycles. The van der Waals surface area contributed by atoms with E-state index in [4.69, 9.17) is 8.94 Å². The van der Waals surface area contributed by atoms with E-state index in [1.807, 2.05) is 0 Å². The fraction of sp³-hybridized carbons (Fsp3) is 0.222. The standard InChI is InChI=1S/C18H13F3N4O3S/c1-7-4-10(9(3)27-7)12-5-11(14-8(2)25-28-16(14)22-12)15(26)24-17-23-13(6-29-17)18(19,20)21/h4-6H,1-3H3,(H,23,24,26). The van der Waals surface area contributed by atoms with Gasteiger partial charge in [0.2, 0.25) is 0 Å². The smallest absolute Gasteiger partial charge is 0.434 e. The highest BCUT2D eigenvalue weighted by Crippen LogP contribution is 2.33. The summed E-state index contributed by atoms with van der Waals surface area (Å²) in [6.45, 7) is 5.18. The van der Waals surface area contributed by atoms with Gasteiger partial charge in [0, 0.05) is 10.9 Å². The molecular weight excluding hydrogens is 409 g/mol. The third-order valence-electron chi connectivity index (χ3n) is 4.19. The molecule has 0 unspecified atom stereocenters. The van der Waals surface area contributed by atoms with Crippen molar-refractivity contribution in [2.45, 2.75) is 26.9 Å². The molecular formula is C18H13F3N4O3S. The number of aromatic nitrogens is 3. The Labute approximate surface area is 165 Å². The molecule has 150 valence electrons. The number of pyridine rings is 1. The number of hydrogen-bond acceptors (Lipinski definition) is 7. The molecule has 4 rings (SSSR count). The molecule has 0 fully saturated rings. The molecule has 0 aliphatic heterocycles. The Kier molecular flexibility index (Phi) is 4.41. The van der Waals surface area contributed by atoms with Crippen molar-refractivity contribution in [2.24, 2.45) is 0 Å². The Balaban J connectivity index is 1.77. The summed E-state index contributed by atoms with van der Waals surface area (Å²) in [5.41, 5.74) is 0.747. The van der Waals surface area contributed by atoms with Crippen molar-refractivity contribution in [3.05, 3.63) is 46.0 Å². The molecule has 0 saturated heterocycles. The minimum atomic E-state index is -4.59. The summed E-state index contributed by atoms with van der Waals surface area (Å²) < 4.78 is 49.0. The minimum absolute atomic E-state index is 0.138. The molecule has 11 heteroatoms. The van der Waals surface area contributed by atoms with Gasteiger partial charge in [0.1, 0.15) is 11.5 Å². The first-order chi connectivity index (χ1) is 13.6. The molecule has 7 nitrogen and oxygen atoms in total. The van der Waals surface area contributed by atoms with Gasteiger partial charge in [-0.2, -0.15) is 13.2 Å². The first-order valence-corrected chi connectivity index (χ1v) is 9.20. The molecule has 0 atom stereocenters. The lowest BCUT2D eigenvalue weighted by Gasteiger charge is -2.06. The van der Waals surface area contributed by atoms with Crippen LogP contribution in [0.2, 0.25) is 0 Å². The lowest BCUT2D eigenvalue weighted by Crippen LogP contribution is -2.14. The van der Waals surface area contributed by atoms with Gasteiger partial charge in [0.15, 0.2) is 10.8 Å². The van der Waals surface area contributed by atoms with Gasteiger partial charge < -0.3 is 8.94 Å². The van der Waals surface area contributed by atoms with E-state index >= 15 is 0 Å². The summed E-state index contributed by atoms with van der Waals surface area (Å²) in [6.07, 6.45) is -4.59. The highest BCUT2D eigenvalue weighted by Gasteiger charge is 2.34. The second-order valence-electron chi connectivity index (χ2n) is 6.32. The van der Waals surface area contributed by atoms with Gasteiger partial charge in [0.25, 0.3) is 11.6 Å². The Bertz CT molecular complexity index is 1240. The van der Waals surface area contributed by atoms with Crippen molar-refractivity contribution in [3.63, 3.8) is 0 Å². The molecule has 0 spiro atoms. The average molecular weight is 422 g/mol. The number of hydrogen-bond donors (Lipinski definition) is 1. The van der Waals surface area contributed by atoms with Crippen molar-refractivity contribution in [3.8, 4) is 11.3 Å². The van der Waals surface area contributed by atoms with Crippen molar-refractivity contribution < 1.29 is 26.9 Å². The number of thiazole rings is 1. The Hall–Kier alpha value is -3.21. The molecule has 0 bridgehead atoms. The quantitative estimate of drug-likeness (QED) is 0.492. The molecule has 1 N–H and O–H groups in total. The highest BCUT2D eigenvalue weighted by atomic mass is 32.1. The van der Waals surface area contributed by atoms with E-state index in [1.165, 1.54) is 6.07 Å². The number of aryl methyl sites for hydroxylation is 3. The summed E-state index contributed by atoms with van der Waals surface area (Å²) in [7, 11) is 0. The molecule has 0 radical (unpaired) electrons. The van der Waals surface area contributed by atoms with Crippen LogP contribution in [0, 0.1) is 20.8 Å². The fourth-order valence-corrected chi connectivity index (χ4v) is 3.63. The predicted molar refractivity (Wildman–Crippen MR) is 98.8 cm³/mol. The van der Waals surface area contributed by atoms with E-state index in [0.29, 0.717) is 45.2 Å². The summed E-state index contributed by atoms with van der Waals surface area (Å²) in [5.74, 6) is 0.624. The van der Waals surface area contributed by atoms with E-state index in [9.17, 15) is 18.0 Å². The van der Waals surface area contributed by atoms with Crippen LogP contribution in [0.25, 0.3) is 22.4 Å².